The first-order valence-corrected chi connectivity index (χ1v) is 9.53. The van der Waals surface area contributed by atoms with Crippen LogP contribution in [0.2, 0.25) is 0 Å². The molecule has 1 aliphatic heterocycles. The average molecular weight is 369 g/mol. The summed E-state index contributed by atoms with van der Waals surface area (Å²) in [6.45, 7) is 2.45. The Bertz CT molecular complexity index is 721. The van der Waals surface area contributed by atoms with E-state index < -0.39 is 0 Å². The second-order valence-electron chi connectivity index (χ2n) is 6.09. The third-order valence-corrected chi connectivity index (χ3v) is 4.99. The van der Waals surface area contributed by atoms with Crippen LogP contribution in [0.4, 0.5) is 0 Å². The minimum absolute atomic E-state index is 0.0783. The molecule has 1 amide bonds. The second kappa shape index (κ2) is 9.57. The Morgan fingerprint density at radius 2 is 1.77 bits per heavy atom. The molecule has 2 aromatic rings. The molecule has 1 heterocycles. The van der Waals surface area contributed by atoms with Crippen molar-refractivity contribution in [3.63, 3.8) is 0 Å². The third kappa shape index (κ3) is 5.73. The molecule has 3 atom stereocenters. The molecule has 0 radical (unpaired) electrons. The molecule has 2 aromatic carbocycles. The summed E-state index contributed by atoms with van der Waals surface area (Å²) in [7, 11) is 0. The Hall–Kier alpha value is -2.08. The SMILES string of the molecule is CC(=O)N[C@H]1C=C[C@@H](Sc2ccccc2)O[C@@H]1COCc1ccccc1. The maximum Gasteiger partial charge on any atom is 0.217 e. The molecule has 0 aromatic heterocycles. The van der Waals surface area contributed by atoms with Crippen LogP contribution in [-0.2, 0) is 20.9 Å². The van der Waals surface area contributed by atoms with Crippen LogP contribution in [0.15, 0.2) is 77.7 Å². The number of benzene rings is 2. The van der Waals surface area contributed by atoms with Crippen molar-refractivity contribution in [2.24, 2.45) is 0 Å². The molecule has 0 fully saturated rings. The van der Waals surface area contributed by atoms with Crippen molar-refractivity contribution < 1.29 is 14.3 Å². The molecule has 26 heavy (non-hydrogen) atoms. The van der Waals surface area contributed by atoms with Gasteiger partial charge in [0.25, 0.3) is 0 Å². The van der Waals surface area contributed by atoms with Crippen molar-refractivity contribution in [2.45, 2.75) is 36.0 Å². The lowest BCUT2D eigenvalue weighted by Gasteiger charge is -2.32. The van der Waals surface area contributed by atoms with E-state index in [4.69, 9.17) is 9.47 Å². The van der Waals surface area contributed by atoms with E-state index >= 15 is 0 Å². The predicted octanol–water partition coefficient (Wildman–Crippen LogP) is 3.78. The molecule has 0 aliphatic carbocycles. The zero-order valence-corrected chi connectivity index (χ0v) is 15.5. The molecule has 5 heteroatoms. The van der Waals surface area contributed by atoms with Gasteiger partial charge in [-0.2, -0.15) is 0 Å². The summed E-state index contributed by atoms with van der Waals surface area (Å²) < 4.78 is 12.0. The normalized spacial score (nSPS) is 22.1. The fourth-order valence-electron chi connectivity index (χ4n) is 2.72. The summed E-state index contributed by atoms with van der Waals surface area (Å²) in [4.78, 5) is 12.6. The van der Waals surface area contributed by atoms with E-state index in [1.165, 1.54) is 6.92 Å². The summed E-state index contributed by atoms with van der Waals surface area (Å²) in [6.07, 6.45) is 3.77. The lowest BCUT2D eigenvalue weighted by Crippen LogP contribution is -2.47. The molecule has 0 bridgehead atoms. The van der Waals surface area contributed by atoms with Crippen LogP contribution in [0.25, 0.3) is 0 Å². The monoisotopic (exact) mass is 369 g/mol. The highest BCUT2D eigenvalue weighted by atomic mass is 32.2. The standard InChI is InChI=1S/C21H23NO3S/c1-16(23)22-19-12-13-21(26-18-10-6-3-7-11-18)25-20(19)15-24-14-17-8-4-2-5-9-17/h2-13,19-21H,14-15H2,1H3,(H,22,23)/t19-,20+,21+/m0/s1. The summed E-state index contributed by atoms with van der Waals surface area (Å²) in [5.74, 6) is -0.0783. The molecular formula is C21H23NO3S. The molecule has 0 saturated carbocycles. The van der Waals surface area contributed by atoms with E-state index in [1.807, 2.05) is 60.7 Å². The molecule has 0 unspecified atom stereocenters. The van der Waals surface area contributed by atoms with Gasteiger partial charge in [0.15, 0.2) is 0 Å². The Morgan fingerprint density at radius 3 is 2.46 bits per heavy atom. The number of hydrogen-bond acceptors (Lipinski definition) is 4. The zero-order chi connectivity index (χ0) is 18.2. The Labute approximate surface area is 158 Å². The van der Waals surface area contributed by atoms with Gasteiger partial charge in [-0.15, -0.1) is 0 Å². The number of amides is 1. The van der Waals surface area contributed by atoms with Gasteiger partial charge >= 0.3 is 0 Å². The van der Waals surface area contributed by atoms with Crippen LogP contribution in [-0.4, -0.2) is 30.1 Å². The van der Waals surface area contributed by atoms with E-state index in [1.54, 1.807) is 11.8 Å². The van der Waals surface area contributed by atoms with Gasteiger partial charge in [0, 0.05) is 11.8 Å². The van der Waals surface area contributed by atoms with Gasteiger partial charge in [0.05, 0.1) is 19.3 Å². The Balaban J connectivity index is 1.59. The molecule has 0 saturated heterocycles. The molecule has 136 valence electrons. The maximum atomic E-state index is 11.5. The van der Waals surface area contributed by atoms with Crippen molar-refractivity contribution in [1.82, 2.24) is 5.32 Å². The Morgan fingerprint density at radius 1 is 1.08 bits per heavy atom. The fourth-order valence-corrected chi connectivity index (χ4v) is 3.67. The summed E-state index contributed by atoms with van der Waals surface area (Å²) in [6, 6.07) is 20.0. The van der Waals surface area contributed by atoms with Crippen LogP contribution >= 0.6 is 11.8 Å². The number of thioether (sulfide) groups is 1. The number of rotatable bonds is 7. The first kappa shape index (κ1) is 18.7. The largest absolute Gasteiger partial charge is 0.374 e. The Kier molecular flexibility index (Phi) is 6.89. The van der Waals surface area contributed by atoms with Gasteiger partial charge in [0.2, 0.25) is 5.91 Å². The van der Waals surface area contributed by atoms with E-state index in [2.05, 4.69) is 17.4 Å². The van der Waals surface area contributed by atoms with Gasteiger partial charge in [-0.05, 0) is 23.8 Å². The van der Waals surface area contributed by atoms with Crippen molar-refractivity contribution in [3.8, 4) is 0 Å². The van der Waals surface area contributed by atoms with Crippen LogP contribution in [0.1, 0.15) is 12.5 Å². The maximum absolute atomic E-state index is 11.5. The zero-order valence-electron chi connectivity index (χ0n) is 14.7. The van der Waals surface area contributed by atoms with Gasteiger partial charge in [0.1, 0.15) is 11.5 Å². The van der Waals surface area contributed by atoms with Gasteiger partial charge in [-0.1, -0.05) is 66.4 Å². The minimum Gasteiger partial charge on any atom is -0.374 e. The average Bonchev–Trinajstić information content (AvgIpc) is 2.65. The van der Waals surface area contributed by atoms with Crippen molar-refractivity contribution in [1.29, 1.82) is 0 Å². The van der Waals surface area contributed by atoms with Crippen LogP contribution < -0.4 is 5.32 Å². The fraction of sp³-hybridized carbons (Fsp3) is 0.286. The lowest BCUT2D eigenvalue weighted by atomic mass is 10.1. The molecule has 0 spiro atoms. The molecule has 4 nitrogen and oxygen atoms in total. The first-order chi connectivity index (χ1) is 12.7. The molecule has 1 aliphatic rings. The molecule has 3 rings (SSSR count). The van der Waals surface area contributed by atoms with E-state index in [0.717, 1.165) is 10.5 Å². The third-order valence-electron chi connectivity index (χ3n) is 3.94. The van der Waals surface area contributed by atoms with Crippen molar-refractivity contribution >= 4 is 17.7 Å². The highest BCUT2D eigenvalue weighted by molar-refractivity contribution is 8.00. The highest BCUT2D eigenvalue weighted by Crippen LogP contribution is 2.29. The van der Waals surface area contributed by atoms with Gasteiger partial charge in [-0.3, -0.25) is 4.79 Å². The van der Waals surface area contributed by atoms with Crippen LogP contribution in [0.5, 0.6) is 0 Å². The number of ether oxygens (including phenoxy) is 2. The smallest absolute Gasteiger partial charge is 0.217 e. The quantitative estimate of drug-likeness (QED) is 0.755. The molecule has 1 N–H and O–H groups in total. The summed E-state index contributed by atoms with van der Waals surface area (Å²) >= 11 is 1.64. The van der Waals surface area contributed by atoms with Gasteiger partial charge < -0.3 is 14.8 Å². The van der Waals surface area contributed by atoms with Crippen LogP contribution in [0, 0.1) is 0 Å². The predicted molar refractivity (Wildman–Crippen MR) is 104 cm³/mol. The second-order valence-corrected chi connectivity index (χ2v) is 7.26. The van der Waals surface area contributed by atoms with Crippen molar-refractivity contribution in [3.05, 3.63) is 78.4 Å². The van der Waals surface area contributed by atoms with Crippen molar-refractivity contribution in [2.75, 3.05) is 6.61 Å². The summed E-state index contributed by atoms with van der Waals surface area (Å²) in [5.41, 5.74) is 1.01. The number of nitrogens with one attached hydrogen (secondary N) is 1. The molecular weight excluding hydrogens is 346 g/mol. The first-order valence-electron chi connectivity index (χ1n) is 8.65. The summed E-state index contributed by atoms with van der Waals surface area (Å²) in [5, 5.41) is 2.92. The highest BCUT2D eigenvalue weighted by Gasteiger charge is 2.28. The van der Waals surface area contributed by atoms with Crippen LogP contribution in [0.3, 0.4) is 0 Å². The van der Waals surface area contributed by atoms with E-state index in [0.29, 0.717) is 13.2 Å². The topological polar surface area (TPSA) is 47.6 Å². The van der Waals surface area contributed by atoms with E-state index in [-0.39, 0.29) is 23.5 Å². The number of hydrogen-bond donors (Lipinski definition) is 1. The lowest BCUT2D eigenvalue weighted by molar-refractivity contribution is -0.121. The minimum atomic E-state index is -0.228. The number of carbonyl (C=O) groups excluding carboxylic acids is 1. The number of carbonyl (C=O) groups is 1. The van der Waals surface area contributed by atoms with Gasteiger partial charge in [-0.25, -0.2) is 0 Å². The van der Waals surface area contributed by atoms with E-state index in [9.17, 15) is 4.79 Å².